The summed E-state index contributed by atoms with van der Waals surface area (Å²) in [5, 5.41) is 11.7. The highest BCUT2D eigenvalue weighted by Crippen LogP contribution is 2.21. The van der Waals surface area contributed by atoms with Crippen molar-refractivity contribution < 1.29 is 36.7 Å². The molecule has 0 radical (unpaired) electrons. The minimum atomic E-state index is -0.993. The van der Waals surface area contributed by atoms with Crippen molar-refractivity contribution in [2.24, 2.45) is 19.8 Å². The normalized spacial score (nSPS) is 12.0. The number of pyridine rings is 2. The number of nitrogens with two attached hydrogens (primary N) is 1. The predicted molar refractivity (Wildman–Crippen MR) is 207 cm³/mol. The number of hydrogen-bond donors (Lipinski definition) is 2. The Bertz CT molecular complexity index is 2340. The van der Waals surface area contributed by atoms with Gasteiger partial charge in [0.2, 0.25) is 0 Å². The molecule has 6 rings (SSSR count). The molecule has 3 N–H and O–H groups in total. The second-order valence-corrected chi connectivity index (χ2v) is 13.3. The van der Waals surface area contributed by atoms with Crippen molar-refractivity contribution in [3.63, 3.8) is 0 Å². The number of aromatic nitrogens is 6. The molecule has 0 amide bonds. The number of hydrogen-bond acceptors (Lipinski definition) is 10. The zero-order chi connectivity index (χ0) is 41.8. The van der Waals surface area contributed by atoms with Gasteiger partial charge in [0, 0.05) is 61.4 Å². The van der Waals surface area contributed by atoms with Gasteiger partial charge < -0.3 is 10.5 Å². The molecular weight excluding hydrogens is 757 g/mol. The maximum atomic E-state index is 13.6. The zero-order valence-corrected chi connectivity index (χ0v) is 32.0. The minimum absolute atomic E-state index is 0.0404. The molecule has 2 atom stereocenters. The number of Topliss-reactive ketones (excluding diaryl/α,β-unsaturated/α-hetero) is 2. The van der Waals surface area contributed by atoms with Crippen LogP contribution in [0.2, 0.25) is 0 Å². The van der Waals surface area contributed by atoms with Gasteiger partial charge >= 0.3 is 5.97 Å². The lowest BCUT2D eigenvalue weighted by Crippen LogP contribution is -2.42. The molecule has 0 spiro atoms. The van der Waals surface area contributed by atoms with Gasteiger partial charge in [0.15, 0.2) is 34.8 Å². The first-order valence-electron chi connectivity index (χ1n) is 18.3. The van der Waals surface area contributed by atoms with Crippen LogP contribution in [0.1, 0.15) is 29.4 Å². The lowest BCUT2D eigenvalue weighted by molar-refractivity contribution is -0.142. The van der Waals surface area contributed by atoms with Gasteiger partial charge in [-0.2, -0.15) is 10.2 Å². The summed E-state index contributed by atoms with van der Waals surface area (Å²) >= 11 is 0. The smallest absolute Gasteiger partial charge is 0.319 e. The molecule has 0 bridgehead atoms. The number of nitrogens with one attached hydrogen (secondary N) is 1. The molecule has 4 aromatic heterocycles. The van der Waals surface area contributed by atoms with Gasteiger partial charge in [-0.25, -0.2) is 17.6 Å². The number of halogens is 4. The monoisotopic (exact) mass is 798 g/mol. The third-order valence-electron chi connectivity index (χ3n) is 9.08. The number of carbonyl (C=O) groups is 3. The summed E-state index contributed by atoms with van der Waals surface area (Å²) in [5.41, 5.74) is 11.5. The van der Waals surface area contributed by atoms with E-state index in [-0.39, 0.29) is 50.4 Å². The molecule has 6 aromatic rings. The largest absolute Gasteiger partial charge is 0.465 e. The van der Waals surface area contributed by atoms with Crippen molar-refractivity contribution in [1.29, 1.82) is 0 Å². The molecule has 0 aliphatic heterocycles. The van der Waals surface area contributed by atoms with Crippen LogP contribution < -0.4 is 11.1 Å². The number of nitrogens with zero attached hydrogens (tertiary/aromatic N) is 6. The number of ether oxygens (including phenoxy) is 1. The molecule has 0 saturated heterocycles. The molecule has 0 aliphatic rings. The van der Waals surface area contributed by atoms with Gasteiger partial charge in [-0.05, 0) is 91.6 Å². The van der Waals surface area contributed by atoms with E-state index >= 15 is 0 Å². The Hall–Kier alpha value is -6.39. The van der Waals surface area contributed by atoms with Gasteiger partial charge in [0.1, 0.15) is 0 Å². The topological polar surface area (TPSA) is 160 Å². The second kappa shape index (κ2) is 20.2. The van der Waals surface area contributed by atoms with E-state index in [0.29, 0.717) is 22.5 Å². The SMILES string of the molecule is CCOC(=O)CN[C@@H](Cc1ccc(F)c(F)c1)C(=O)Cc1cc(-c2ccncc2)nn1C.Cn1nc(-c2ccncc2)cc1CC(=O)[C@@H](N)Cc1ccc(F)c(F)c1. The van der Waals surface area contributed by atoms with Gasteiger partial charge in [0.05, 0.1) is 49.5 Å². The maximum absolute atomic E-state index is 13.6. The highest BCUT2D eigenvalue weighted by molar-refractivity contribution is 5.87. The van der Waals surface area contributed by atoms with Gasteiger partial charge in [-0.1, -0.05) is 12.1 Å². The van der Waals surface area contributed by atoms with Crippen LogP contribution in [0.15, 0.2) is 97.6 Å². The van der Waals surface area contributed by atoms with Crippen LogP contribution in [0.25, 0.3) is 22.5 Å². The first-order valence-corrected chi connectivity index (χ1v) is 18.3. The van der Waals surface area contributed by atoms with Crippen molar-refractivity contribution in [2.75, 3.05) is 13.2 Å². The molecule has 0 saturated carbocycles. The number of aryl methyl sites for hydroxylation is 2. The average molecular weight is 799 g/mol. The number of ketones is 2. The zero-order valence-electron chi connectivity index (χ0n) is 32.0. The molecule has 0 aliphatic carbocycles. The fourth-order valence-corrected chi connectivity index (χ4v) is 5.94. The van der Waals surface area contributed by atoms with Crippen LogP contribution in [0.3, 0.4) is 0 Å². The summed E-state index contributed by atoms with van der Waals surface area (Å²) in [5.74, 6) is -4.75. The molecule has 0 fully saturated rings. The van der Waals surface area contributed by atoms with E-state index in [2.05, 4.69) is 25.5 Å². The third kappa shape index (κ3) is 11.8. The summed E-state index contributed by atoms with van der Waals surface area (Å²) in [6, 6.07) is 16.3. The number of carbonyl (C=O) groups excluding carboxylic acids is 3. The van der Waals surface area contributed by atoms with E-state index in [1.807, 2.05) is 36.4 Å². The summed E-state index contributed by atoms with van der Waals surface area (Å²) in [6.45, 7) is 1.72. The standard InChI is InChI=1S/C23H24F2N4O3.C19H18F2N4O/c1-3-32-23(31)14-27-21(11-15-4-5-18(24)19(25)10-15)22(30)13-17-12-20(28-29(17)2)16-6-8-26-9-7-16;1-25-14(10-18(24-25)13-4-6-23-7-5-13)11-19(26)17(22)9-12-2-3-15(20)16(21)8-12/h4-10,12,21,27H,3,11,13-14H2,1-2H3;2-8,10,17H,9,11,22H2,1H3/t21-;17-/m00/s1. The van der Waals surface area contributed by atoms with Crippen molar-refractivity contribution in [3.8, 4) is 22.5 Å². The first kappa shape index (κ1) is 42.7. The number of rotatable bonds is 16. The Morgan fingerprint density at radius 3 is 1.60 bits per heavy atom. The van der Waals surface area contributed by atoms with Gasteiger partial charge in [-0.3, -0.25) is 39.0 Å². The molecule has 12 nitrogen and oxygen atoms in total. The predicted octanol–water partition coefficient (Wildman–Crippen LogP) is 5.08. The highest BCUT2D eigenvalue weighted by atomic mass is 19.2. The summed E-state index contributed by atoms with van der Waals surface area (Å²) in [6.07, 6.45) is 7.05. The quantitative estimate of drug-likeness (QED) is 0.1000. The van der Waals surface area contributed by atoms with Crippen molar-refractivity contribution in [2.45, 2.75) is 44.7 Å². The minimum Gasteiger partial charge on any atom is -0.465 e. The van der Waals surface area contributed by atoms with Gasteiger partial charge in [0.25, 0.3) is 0 Å². The Labute approximate surface area is 332 Å². The van der Waals surface area contributed by atoms with Crippen LogP contribution in [-0.4, -0.2) is 72.3 Å². The van der Waals surface area contributed by atoms with Crippen LogP contribution in [0.5, 0.6) is 0 Å². The molecular formula is C42H42F4N8O4. The van der Waals surface area contributed by atoms with Crippen LogP contribution in [0, 0.1) is 23.3 Å². The molecule has 0 unspecified atom stereocenters. The average Bonchev–Trinajstić information content (AvgIpc) is 3.77. The van der Waals surface area contributed by atoms with E-state index < -0.39 is 41.3 Å². The van der Waals surface area contributed by atoms with E-state index in [1.165, 1.54) is 12.1 Å². The van der Waals surface area contributed by atoms with Crippen molar-refractivity contribution in [3.05, 3.63) is 143 Å². The lowest BCUT2D eigenvalue weighted by atomic mass is 9.99. The lowest BCUT2D eigenvalue weighted by Gasteiger charge is -2.18. The second-order valence-electron chi connectivity index (χ2n) is 13.3. The Morgan fingerprint density at radius 2 is 1.14 bits per heavy atom. The van der Waals surface area contributed by atoms with E-state index in [4.69, 9.17) is 10.5 Å². The van der Waals surface area contributed by atoms with Gasteiger partial charge in [-0.15, -0.1) is 0 Å². The Balaban J connectivity index is 0.000000226. The highest BCUT2D eigenvalue weighted by Gasteiger charge is 2.23. The summed E-state index contributed by atoms with van der Waals surface area (Å²) in [4.78, 5) is 45.2. The Kier molecular flexibility index (Phi) is 14.9. The summed E-state index contributed by atoms with van der Waals surface area (Å²) < 4.78 is 61.3. The number of esters is 1. The van der Waals surface area contributed by atoms with Crippen molar-refractivity contribution >= 4 is 17.5 Å². The molecule has 302 valence electrons. The van der Waals surface area contributed by atoms with Crippen LogP contribution >= 0.6 is 0 Å². The fraction of sp³-hybridized carbons (Fsp3) is 0.262. The number of benzene rings is 2. The molecule has 4 heterocycles. The first-order chi connectivity index (χ1) is 27.8. The molecule has 16 heteroatoms. The molecule has 2 aromatic carbocycles. The Morgan fingerprint density at radius 1 is 0.672 bits per heavy atom. The van der Waals surface area contributed by atoms with E-state index in [1.54, 1.807) is 55.2 Å². The van der Waals surface area contributed by atoms with E-state index in [9.17, 15) is 31.9 Å². The third-order valence-corrected chi connectivity index (χ3v) is 9.08. The van der Waals surface area contributed by atoms with Crippen LogP contribution in [-0.2, 0) is 58.9 Å². The summed E-state index contributed by atoms with van der Waals surface area (Å²) in [7, 11) is 3.50. The molecule has 58 heavy (non-hydrogen) atoms. The maximum Gasteiger partial charge on any atom is 0.319 e. The van der Waals surface area contributed by atoms with Crippen LogP contribution in [0.4, 0.5) is 17.6 Å². The van der Waals surface area contributed by atoms with Crippen molar-refractivity contribution in [1.82, 2.24) is 34.8 Å². The fourth-order valence-electron chi connectivity index (χ4n) is 5.94. The van der Waals surface area contributed by atoms with E-state index in [0.717, 1.165) is 46.8 Å².